The Morgan fingerprint density at radius 3 is 2.81 bits per heavy atom. The van der Waals surface area contributed by atoms with Crippen LogP contribution >= 0.6 is 11.8 Å². The third kappa shape index (κ3) is 3.93. The lowest BCUT2D eigenvalue weighted by Crippen LogP contribution is -2.34. The summed E-state index contributed by atoms with van der Waals surface area (Å²) in [6, 6.07) is 12.4. The van der Waals surface area contributed by atoms with E-state index in [1.807, 2.05) is 0 Å². The number of furan rings is 1. The molecule has 1 fully saturated rings. The molecule has 8 heteroatoms. The summed E-state index contributed by atoms with van der Waals surface area (Å²) in [7, 11) is 0. The van der Waals surface area contributed by atoms with Crippen LogP contribution in [0.1, 0.15) is 18.2 Å². The standard InChI is InChI=1S/C19H14N2O5S/c1-2-25-17(22)11-21-18(23)16(27-19(21)24)9-13-7-8-15(26-13)14-6-4-3-5-12(14)10-20/h3-9H,2,11H2,1H3/b16-9-. The predicted molar refractivity (Wildman–Crippen MR) is 98.2 cm³/mol. The van der Waals surface area contributed by atoms with Crippen molar-refractivity contribution in [3.8, 4) is 17.4 Å². The Hall–Kier alpha value is -3.31. The number of benzene rings is 1. The normalized spacial score (nSPS) is 15.3. The molecular formula is C19H14N2O5S. The van der Waals surface area contributed by atoms with E-state index in [0.717, 1.165) is 16.7 Å². The van der Waals surface area contributed by atoms with E-state index < -0.39 is 23.7 Å². The fourth-order valence-electron chi connectivity index (χ4n) is 2.47. The highest BCUT2D eigenvalue weighted by Gasteiger charge is 2.36. The molecular weight excluding hydrogens is 368 g/mol. The van der Waals surface area contributed by atoms with E-state index in [9.17, 15) is 19.6 Å². The van der Waals surface area contributed by atoms with Gasteiger partial charge in [-0.3, -0.25) is 19.3 Å². The average molecular weight is 382 g/mol. The Labute approximate surface area is 159 Å². The molecule has 0 radical (unpaired) electrons. The minimum absolute atomic E-state index is 0.152. The lowest BCUT2D eigenvalue weighted by Gasteiger charge is -2.10. The molecule has 1 saturated heterocycles. The number of nitrogens with zero attached hydrogens (tertiary/aromatic N) is 2. The molecule has 0 unspecified atom stereocenters. The van der Waals surface area contributed by atoms with Crippen LogP contribution in [-0.2, 0) is 14.3 Å². The summed E-state index contributed by atoms with van der Waals surface area (Å²) in [5.41, 5.74) is 1.10. The van der Waals surface area contributed by atoms with Crippen LogP contribution in [-0.4, -0.2) is 35.2 Å². The first-order valence-corrected chi connectivity index (χ1v) is 8.85. The lowest BCUT2D eigenvalue weighted by molar-refractivity contribution is -0.145. The lowest BCUT2D eigenvalue weighted by atomic mass is 10.1. The molecule has 27 heavy (non-hydrogen) atoms. The van der Waals surface area contributed by atoms with Crippen molar-refractivity contribution in [3.05, 3.63) is 52.6 Å². The number of ether oxygens (including phenoxy) is 1. The summed E-state index contributed by atoms with van der Waals surface area (Å²) >= 11 is 0.728. The van der Waals surface area contributed by atoms with Gasteiger partial charge in [0.05, 0.1) is 23.1 Å². The van der Waals surface area contributed by atoms with E-state index in [2.05, 4.69) is 6.07 Å². The molecule has 0 saturated carbocycles. The minimum atomic E-state index is -0.644. The predicted octanol–water partition coefficient (Wildman–Crippen LogP) is 3.42. The van der Waals surface area contributed by atoms with Gasteiger partial charge in [0.1, 0.15) is 18.1 Å². The summed E-state index contributed by atoms with van der Waals surface area (Å²) in [6.45, 7) is 1.39. The van der Waals surface area contributed by atoms with Crippen molar-refractivity contribution < 1.29 is 23.5 Å². The number of hydrogen-bond acceptors (Lipinski definition) is 7. The molecule has 2 heterocycles. The van der Waals surface area contributed by atoms with Crippen molar-refractivity contribution in [3.63, 3.8) is 0 Å². The van der Waals surface area contributed by atoms with Crippen LogP contribution in [0.25, 0.3) is 17.4 Å². The number of carbonyl (C=O) groups is 3. The smallest absolute Gasteiger partial charge is 0.326 e. The molecule has 136 valence electrons. The molecule has 0 aliphatic carbocycles. The number of carbonyl (C=O) groups excluding carboxylic acids is 3. The summed E-state index contributed by atoms with van der Waals surface area (Å²) in [6.07, 6.45) is 1.44. The summed E-state index contributed by atoms with van der Waals surface area (Å²) in [5.74, 6) is -0.383. The second-order valence-corrected chi connectivity index (χ2v) is 6.43. The number of hydrogen-bond donors (Lipinski definition) is 0. The van der Waals surface area contributed by atoms with Gasteiger partial charge in [-0.1, -0.05) is 12.1 Å². The van der Waals surface area contributed by atoms with Gasteiger partial charge in [-0.05, 0) is 43.0 Å². The molecule has 1 aromatic heterocycles. The van der Waals surface area contributed by atoms with Crippen LogP contribution in [0.2, 0.25) is 0 Å². The minimum Gasteiger partial charge on any atom is -0.465 e. The second-order valence-electron chi connectivity index (χ2n) is 5.43. The molecule has 1 aromatic carbocycles. The molecule has 2 amide bonds. The number of rotatable bonds is 5. The number of amides is 2. The summed E-state index contributed by atoms with van der Waals surface area (Å²) in [4.78, 5) is 36.9. The topological polar surface area (TPSA) is 101 Å². The van der Waals surface area contributed by atoms with Crippen LogP contribution in [0.15, 0.2) is 45.7 Å². The van der Waals surface area contributed by atoms with Crippen LogP contribution in [0, 0.1) is 11.3 Å². The first-order valence-electron chi connectivity index (χ1n) is 8.03. The van der Waals surface area contributed by atoms with Gasteiger partial charge in [-0.15, -0.1) is 0 Å². The van der Waals surface area contributed by atoms with E-state index in [0.29, 0.717) is 22.6 Å². The Morgan fingerprint density at radius 2 is 2.07 bits per heavy atom. The molecule has 2 aromatic rings. The van der Waals surface area contributed by atoms with E-state index in [4.69, 9.17) is 9.15 Å². The molecule has 0 N–H and O–H groups in total. The van der Waals surface area contributed by atoms with Gasteiger partial charge in [0.15, 0.2) is 0 Å². The van der Waals surface area contributed by atoms with Crippen LogP contribution < -0.4 is 0 Å². The SMILES string of the molecule is CCOC(=O)CN1C(=O)S/C(=C\c2ccc(-c3ccccc3C#N)o2)C1=O. The molecule has 0 bridgehead atoms. The van der Waals surface area contributed by atoms with Crippen LogP contribution in [0.5, 0.6) is 0 Å². The summed E-state index contributed by atoms with van der Waals surface area (Å²) in [5, 5.41) is 8.65. The van der Waals surface area contributed by atoms with Gasteiger partial charge in [-0.25, -0.2) is 0 Å². The van der Waals surface area contributed by atoms with Crippen molar-refractivity contribution in [1.82, 2.24) is 4.90 Å². The zero-order chi connectivity index (χ0) is 19.4. The van der Waals surface area contributed by atoms with Crippen molar-refractivity contribution in [2.45, 2.75) is 6.92 Å². The van der Waals surface area contributed by atoms with Crippen molar-refractivity contribution in [2.75, 3.05) is 13.2 Å². The Morgan fingerprint density at radius 1 is 1.30 bits per heavy atom. The molecule has 0 atom stereocenters. The zero-order valence-electron chi connectivity index (χ0n) is 14.3. The highest BCUT2D eigenvalue weighted by Crippen LogP contribution is 2.33. The van der Waals surface area contributed by atoms with Gasteiger partial charge in [-0.2, -0.15) is 5.26 Å². The summed E-state index contributed by atoms with van der Waals surface area (Å²) < 4.78 is 10.5. The fraction of sp³-hybridized carbons (Fsp3) is 0.158. The average Bonchev–Trinajstić information content (AvgIpc) is 3.22. The van der Waals surface area contributed by atoms with Crippen molar-refractivity contribution in [1.29, 1.82) is 5.26 Å². The maximum absolute atomic E-state index is 12.4. The van der Waals surface area contributed by atoms with E-state index >= 15 is 0 Å². The van der Waals surface area contributed by atoms with Gasteiger partial charge < -0.3 is 9.15 Å². The Balaban J connectivity index is 1.81. The molecule has 3 rings (SSSR count). The quantitative estimate of drug-likeness (QED) is 0.577. The van der Waals surface area contributed by atoms with E-state index in [-0.39, 0.29) is 11.5 Å². The Kier molecular flexibility index (Phi) is 5.43. The number of esters is 1. The molecule has 0 spiro atoms. The first-order chi connectivity index (χ1) is 13.0. The molecule has 1 aliphatic heterocycles. The zero-order valence-corrected chi connectivity index (χ0v) is 15.1. The maximum atomic E-state index is 12.4. The molecule has 1 aliphatic rings. The van der Waals surface area contributed by atoms with Gasteiger partial charge in [0, 0.05) is 11.6 Å². The third-order valence-corrected chi connectivity index (χ3v) is 4.59. The Bertz CT molecular complexity index is 986. The van der Waals surface area contributed by atoms with Crippen LogP contribution in [0.3, 0.4) is 0 Å². The number of thioether (sulfide) groups is 1. The van der Waals surface area contributed by atoms with Gasteiger partial charge in [0.25, 0.3) is 11.1 Å². The third-order valence-electron chi connectivity index (χ3n) is 3.68. The molecule has 7 nitrogen and oxygen atoms in total. The van der Waals surface area contributed by atoms with Gasteiger partial charge in [0.2, 0.25) is 0 Å². The van der Waals surface area contributed by atoms with Crippen LogP contribution in [0.4, 0.5) is 4.79 Å². The van der Waals surface area contributed by atoms with E-state index in [1.54, 1.807) is 43.3 Å². The number of imide groups is 1. The highest BCUT2D eigenvalue weighted by atomic mass is 32.2. The second kappa shape index (κ2) is 7.93. The van der Waals surface area contributed by atoms with Crippen molar-refractivity contribution in [2.24, 2.45) is 0 Å². The van der Waals surface area contributed by atoms with E-state index in [1.165, 1.54) is 6.08 Å². The maximum Gasteiger partial charge on any atom is 0.326 e. The fourth-order valence-corrected chi connectivity index (χ4v) is 3.29. The monoisotopic (exact) mass is 382 g/mol. The largest absolute Gasteiger partial charge is 0.465 e. The highest BCUT2D eigenvalue weighted by molar-refractivity contribution is 8.18. The first kappa shape index (κ1) is 18.5. The number of nitriles is 1. The van der Waals surface area contributed by atoms with Crippen molar-refractivity contribution >= 4 is 35.0 Å². The van der Waals surface area contributed by atoms with Gasteiger partial charge >= 0.3 is 5.97 Å².